The van der Waals surface area contributed by atoms with Crippen molar-refractivity contribution < 1.29 is 15.0 Å². The molecule has 3 N–H and O–H groups in total. The molecular weight excluding hydrogens is 879 g/mol. The van der Waals surface area contributed by atoms with Crippen molar-refractivity contribution >= 4 is 5.91 Å². The molecule has 0 bridgehead atoms. The minimum atomic E-state index is -0.866. The maximum absolute atomic E-state index is 12.5. The average molecular weight is 1000 g/mol. The van der Waals surface area contributed by atoms with Gasteiger partial charge in [0.15, 0.2) is 0 Å². The molecule has 0 spiro atoms. The number of carbonyl (C=O) groups is 1. The van der Waals surface area contributed by atoms with E-state index in [2.05, 4.69) is 104 Å². The van der Waals surface area contributed by atoms with E-state index in [0.717, 1.165) is 70.6 Å². The Hall–Kier alpha value is -2.69. The lowest BCUT2D eigenvalue weighted by atomic mass is 10.0. The second-order valence-corrected chi connectivity index (χ2v) is 21.1. The van der Waals surface area contributed by atoms with Gasteiger partial charge in [-0.3, -0.25) is 4.79 Å². The van der Waals surface area contributed by atoms with Crippen molar-refractivity contribution in [3.8, 4) is 0 Å². The fraction of sp³-hybridized carbons (Fsp3) is 0.750. The smallest absolute Gasteiger partial charge is 0.220 e. The number of amides is 1. The second kappa shape index (κ2) is 62.6. The molecular formula is C68H121NO3. The van der Waals surface area contributed by atoms with E-state index < -0.39 is 12.1 Å². The average Bonchev–Trinajstić information content (AvgIpc) is 3.39. The largest absolute Gasteiger partial charge is 0.394 e. The van der Waals surface area contributed by atoms with Gasteiger partial charge < -0.3 is 15.5 Å². The highest BCUT2D eigenvalue weighted by Gasteiger charge is 2.18. The topological polar surface area (TPSA) is 69.6 Å². The molecule has 4 heteroatoms. The Balaban J connectivity index is 3.49. The molecule has 0 aromatic carbocycles. The van der Waals surface area contributed by atoms with Crippen LogP contribution in [0.1, 0.15) is 309 Å². The first kappa shape index (κ1) is 69.3. The third-order valence-electron chi connectivity index (χ3n) is 14.1. The standard InChI is InChI=1S/C68H121NO3/c1-3-5-7-9-11-13-15-17-19-21-23-25-26-27-28-29-30-31-32-33-34-35-36-37-38-39-40-41-42-44-46-48-50-52-54-56-58-60-62-64-68(72)69-66(65-70)67(71)63-61-59-57-55-53-51-49-47-45-43-24-22-20-18-16-14-12-10-8-6-4-2/h5,7,11,13,17,19,23,25,27-28,30-31,53,55,61,63,66-67,70-71H,3-4,6,8-10,12,14-16,18,20-22,24,26,29,32-52,54,56-60,62,64-65H2,1-2H3,(H,69,72)/b7-5-,13-11-,19-17-,25-23-,28-27-,31-30-,55-53+,63-61+. The lowest BCUT2D eigenvalue weighted by Crippen LogP contribution is -2.45. The first-order valence-corrected chi connectivity index (χ1v) is 31.5. The van der Waals surface area contributed by atoms with Gasteiger partial charge in [-0.05, 0) is 83.5 Å². The molecule has 0 aliphatic carbocycles. The summed E-state index contributed by atoms with van der Waals surface area (Å²) in [6.07, 6.45) is 93.2. The van der Waals surface area contributed by atoms with Crippen LogP contribution in [-0.4, -0.2) is 34.9 Å². The highest BCUT2D eigenvalue weighted by atomic mass is 16.3. The zero-order valence-electron chi connectivity index (χ0n) is 47.9. The predicted molar refractivity (Wildman–Crippen MR) is 322 cm³/mol. The molecule has 0 heterocycles. The van der Waals surface area contributed by atoms with Crippen LogP contribution in [0.3, 0.4) is 0 Å². The molecule has 2 atom stereocenters. The normalized spacial score (nSPS) is 13.4. The van der Waals surface area contributed by atoms with Crippen LogP contribution in [0.2, 0.25) is 0 Å². The van der Waals surface area contributed by atoms with Gasteiger partial charge in [0.1, 0.15) is 0 Å². The van der Waals surface area contributed by atoms with Crippen LogP contribution in [0.15, 0.2) is 97.2 Å². The number of nitrogens with one attached hydrogen (secondary N) is 1. The van der Waals surface area contributed by atoms with E-state index in [1.165, 1.54) is 218 Å². The van der Waals surface area contributed by atoms with Gasteiger partial charge >= 0.3 is 0 Å². The summed E-state index contributed by atoms with van der Waals surface area (Å²) in [5.41, 5.74) is 0. The second-order valence-electron chi connectivity index (χ2n) is 21.1. The van der Waals surface area contributed by atoms with Crippen molar-refractivity contribution in [2.75, 3.05) is 6.61 Å². The predicted octanol–water partition coefficient (Wildman–Crippen LogP) is 21.3. The summed E-state index contributed by atoms with van der Waals surface area (Å²) in [6, 6.07) is -0.643. The van der Waals surface area contributed by atoms with Crippen LogP contribution in [-0.2, 0) is 4.79 Å². The molecule has 0 saturated heterocycles. The monoisotopic (exact) mass is 1000 g/mol. The Labute approximate surface area is 449 Å². The minimum absolute atomic E-state index is 0.0714. The first-order chi connectivity index (χ1) is 35.7. The highest BCUT2D eigenvalue weighted by Crippen LogP contribution is 2.17. The lowest BCUT2D eigenvalue weighted by Gasteiger charge is -2.19. The third kappa shape index (κ3) is 58.2. The molecule has 0 aliphatic heterocycles. The molecule has 72 heavy (non-hydrogen) atoms. The number of allylic oxidation sites excluding steroid dienone is 15. The van der Waals surface area contributed by atoms with E-state index in [1.807, 2.05) is 6.08 Å². The summed E-state index contributed by atoms with van der Waals surface area (Å²) in [5.74, 6) is -0.0714. The molecule has 0 rings (SSSR count). The van der Waals surface area contributed by atoms with Crippen LogP contribution in [0.5, 0.6) is 0 Å². The lowest BCUT2D eigenvalue weighted by molar-refractivity contribution is -0.123. The minimum Gasteiger partial charge on any atom is -0.394 e. The quantitative estimate of drug-likeness (QED) is 0.0420. The molecule has 0 radical (unpaired) electrons. The van der Waals surface area contributed by atoms with Crippen LogP contribution in [0.25, 0.3) is 0 Å². The Morgan fingerprint density at radius 3 is 0.972 bits per heavy atom. The number of hydrogen-bond acceptors (Lipinski definition) is 3. The number of hydrogen-bond donors (Lipinski definition) is 3. The third-order valence-corrected chi connectivity index (χ3v) is 14.1. The van der Waals surface area contributed by atoms with E-state index in [4.69, 9.17) is 0 Å². The Kier molecular flexibility index (Phi) is 60.3. The van der Waals surface area contributed by atoms with Crippen molar-refractivity contribution in [2.45, 2.75) is 321 Å². The van der Waals surface area contributed by atoms with Crippen molar-refractivity contribution in [2.24, 2.45) is 0 Å². The molecule has 0 fully saturated rings. The van der Waals surface area contributed by atoms with Gasteiger partial charge in [-0.1, -0.05) is 317 Å². The highest BCUT2D eigenvalue weighted by molar-refractivity contribution is 5.76. The number of carbonyl (C=O) groups excluding carboxylic acids is 1. The molecule has 0 aromatic heterocycles. The van der Waals surface area contributed by atoms with Crippen molar-refractivity contribution in [3.63, 3.8) is 0 Å². The van der Waals surface area contributed by atoms with E-state index in [-0.39, 0.29) is 12.5 Å². The van der Waals surface area contributed by atoms with Gasteiger partial charge in [-0.15, -0.1) is 0 Å². The van der Waals surface area contributed by atoms with Gasteiger partial charge in [-0.2, -0.15) is 0 Å². The van der Waals surface area contributed by atoms with E-state index >= 15 is 0 Å². The Bertz CT molecular complexity index is 1320. The molecule has 2 unspecified atom stereocenters. The van der Waals surface area contributed by atoms with Gasteiger partial charge in [-0.25, -0.2) is 0 Å². The van der Waals surface area contributed by atoms with Gasteiger partial charge in [0.05, 0.1) is 18.8 Å². The van der Waals surface area contributed by atoms with Crippen molar-refractivity contribution in [1.29, 1.82) is 0 Å². The summed E-state index contributed by atoms with van der Waals surface area (Å²) in [4.78, 5) is 12.5. The number of aliphatic hydroxyl groups is 2. The molecule has 0 aliphatic rings. The van der Waals surface area contributed by atoms with Gasteiger partial charge in [0.25, 0.3) is 0 Å². The molecule has 0 saturated carbocycles. The zero-order chi connectivity index (χ0) is 52.0. The molecule has 416 valence electrons. The van der Waals surface area contributed by atoms with Crippen molar-refractivity contribution in [3.05, 3.63) is 97.2 Å². The number of aliphatic hydroxyl groups excluding tert-OH is 2. The maximum atomic E-state index is 12.5. The zero-order valence-corrected chi connectivity index (χ0v) is 47.9. The maximum Gasteiger partial charge on any atom is 0.220 e. The fourth-order valence-corrected chi connectivity index (χ4v) is 9.32. The van der Waals surface area contributed by atoms with Crippen LogP contribution >= 0.6 is 0 Å². The molecule has 1 amide bonds. The summed E-state index contributed by atoms with van der Waals surface area (Å²) in [5, 5.41) is 23.2. The number of unbranched alkanes of at least 4 members (excludes halogenated alkanes) is 36. The van der Waals surface area contributed by atoms with Crippen LogP contribution in [0, 0.1) is 0 Å². The Morgan fingerprint density at radius 2 is 0.625 bits per heavy atom. The fourth-order valence-electron chi connectivity index (χ4n) is 9.32. The Morgan fingerprint density at radius 1 is 0.347 bits per heavy atom. The van der Waals surface area contributed by atoms with E-state index in [9.17, 15) is 15.0 Å². The summed E-state index contributed by atoms with van der Waals surface area (Å²) in [6.45, 7) is 4.20. The van der Waals surface area contributed by atoms with E-state index in [0.29, 0.717) is 6.42 Å². The van der Waals surface area contributed by atoms with Gasteiger partial charge in [0, 0.05) is 6.42 Å². The van der Waals surface area contributed by atoms with Gasteiger partial charge in [0.2, 0.25) is 5.91 Å². The number of rotatable bonds is 57. The summed E-state index contributed by atoms with van der Waals surface area (Å²) >= 11 is 0. The molecule has 4 nitrogen and oxygen atoms in total. The van der Waals surface area contributed by atoms with Crippen LogP contribution in [0.4, 0.5) is 0 Å². The SMILES string of the molecule is CC/C=C\C/C=C\C/C=C\C/C=C\C/C=C\C/C=C\CCCCCCCCCCCCCCCCCCCCCCC(=O)NC(CO)C(O)/C=C/CC/C=C/CCCCCCCCCCCCCCCCC. The summed E-state index contributed by atoms with van der Waals surface area (Å²) in [7, 11) is 0. The van der Waals surface area contributed by atoms with Crippen LogP contribution < -0.4 is 5.32 Å². The first-order valence-electron chi connectivity index (χ1n) is 31.5. The van der Waals surface area contributed by atoms with E-state index in [1.54, 1.807) is 6.08 Å². The van der Waals surface area contributed by atoms with Crippen molar-refractivity contribution in [1.82, 2.24) is 5.32 Å². The molecule has 0 aromatic rings. The summed E-state index contributed by atoms with van der Waals surface area (Å²) < 4.78 is 0.